The molecule has 19 heavy (non-hydrogen) atoms. The Morgan fingerprint density at radius 3 is 2.32 bits per heavy atom. The molecule has 0 atom stereocenters. The fourth-order valence-corrected chi connectivity index (χ4v) is 1.41. The van der Waals surface area contributed by atoms with E-state index in [0.717, 1.165) is 18.4 Å². The van der Waals surface area contributed by atoms with Gasteiger partial charge in [-0.2, -0.15) is 0 Å². The summed E-state index contributed by atoms with van der Waals surface area (Å²) in [7, 11) is 0. The number of rotatable bonds is 7. The Hall–Kier alpha value is -1.64. The fourth-order valence-electron chi connectivity index (χ4n) is 1.41. The van der Waals surface area contributed by atoms with Crippen molar-refractivity contribution in [3.63, 3.8) is 0 Å². The molecule has 3 heteroatoms. The third-order valence-corrected chi connectivity index (χ3v) is 2.71. The third kappa shape index (κ3) is 6.75. The van der Waals surface area contributed by atoms with Crippen molar-refractivity contribution in [3.8, 4) is 0 Å². The molecule has 0 saturated heterocycles. The lowest BCUT2D eigenvalue weighted by Gasteiger charge is -2.06. The minimum absolute atomic E-state index is 0.159. The van der Waals surface area contributed by atoms with Crippen LogP contribution < -0.4 is 0 Å². The van der Waals surface area contributed by atoms with E-state index in [-0.39, 0.29) is 5.57 Å². The number of aliphatic carboxylic acids is 1. The molecular formula is C16H23FO2. The molecule has 0 aliphatic heterocycles. The van der Waals surface area contributed by atoms with Crippen LogP contribution in [-0.4, -0.2) is 11.1 Å². The lowest BCUT2D eigenvalue weighted by atomic mass is 10.00. The number of carboxylic acids is 1. The number of carbonyl (C=O) groups is 1. The smallest absolute Gasteiger partial charge is 0.335 e. The highest BCUT2D eigenvalue weighted by molar-refractivity contribution is 5.93. The molecule has 0 aliphatic rings. The minimum Gasteiger partial charge on any atom is -0.478 e. The van der Waals surface area contributed by atoms with E-state index in [1.54, 1.807) is 19.1 Å². The van der Waals surface area contributed by atoms with Crippen LogP contribution in [0.4, 0.5) is 4.39 Å². The first-order valence-electron chi connectivity index (χ1n) is 6.60. The zero-order chi connectivity index (χ0) is 14.8. The number of hydrogen-bond donors (Lipinski definition) is 1. The maximum atomic E-state index is 13.4. The standard InChI is InChI=1S/C16H23FO2/c1-5-8-9-15(16(18)19)13(10-12(4)6-2)11-14(17)7-3/h7,9-11H,5-6,8H2,1-4H3,(H,18,19)/b12-10+,13-11+,14-7+,15-9+. The molecule has 0 aromatic heterocycles. The Morgan fingerprint density at radius 2 is 1.89 bits per heavy atom. The Morgan fingerprint density at radius 1 is 1.26 bits per heavy atom. The second-order valence-corrected chi connectivity index (χ2v) is 4.33. The van der Waals surface area contributed by atoms with Gasteiger partial charge in [-0.25, -0.2) is 9.18 Å². The summed E-state index contributed by atoms with van der Waals surface area (Å²) in [6.07, 6.45) is 8.29. The number of allylic oxidation sites excluding steroid dienone is 6. The molecule has 0 aromatic rings. The van der Waals surface area contributed by atoms with E-state index in [1.165, 1.54) is 12.2 Å². The van der Waals surface area contributed by atoms with Crippen LogP contribution in [0.2, 0.25) is 0 Å². The van der Waals surface area contributed by atoms with Crippen LogP contribution in [-0.2, 0) is 4.79 Å². The van der Waals surface area contributed by atoms with Gasteiger partial charge in [0.15, 0.2) is 0 Å². The van der Waals surface area contributed by atoms with Crippen molar-refractivity contribution in [2.24, 2.45) is 0 Å². The molecule has 0 saturated carbocycles. The van der Waals surface area contributed by atoms with Crippen LogP contribution in [0.15, 0.2) is 46.9 Å². The zero-order valence-corrected chi connectivity index (χ0v) is 12.2. The molecule has 0 aliphatic carbocycles. The van der Waals surface area contributed by atoms with Gasteiger partial charge in [-0.05, 0) is 38.3 Å². The monoisotopic (exact) mass is 266 g/mol. The highest BCUT2D eigenvalue weighted by Crippen LogP contribution is 2.19. The molecular weight excluding hydrogens is 243 g/mol. The molecule has 0 rings (SSSR count). The Kier molecular flexibility index (Phi) is 8.51. The van der Waals surface area contributed by atoms with Crippen molar-refractivity contribution >= 4 is 5.97 Å². The summed E-state index contributed by atoms with van der Waals surface area (Å²) in [5.74, 6) is -1.46. The predicted octanol–water partition coefficient (Wildman–Crippen LogP) is 4.95. The number of carboxylic acid groups (broad SMARTS) is 1. The van der Waals surface area contributed by atoms with E-state index in [0.29, 0.717) is 12.0 Å². The Balaban J connectivity index is 5.67. The SMILES string of the molecule is C\C=C(F)/C=C(\C=C(/C)CC)C(=C\CCC)/C(=O)O. The summed E-state index contributed by atoms with van der Waals surface area (Å²) >= 11 is 0. The van der Waals surface area contributed by atoms with Crippen molar-refractivity contribution in [1.29, 1.82) is 0 Å². The van der Waals surface area contributed by atoms with E-state index in [4.69, 9.17) is 0 Å². The quantitative estimate of drug-likeness (QED) is 0.522. The van der Waals surface area contributed by atoms with Crippen LogP contribution in [0.1, 0.15) is 47.0 Å². The van der Waals surface area contributed by atoms with Gasteiger partial charge >= 0.3 is 5.97 Å². The summed E-state index contributed by atoms with van der Waals surface area (Å²) in [6, 6.07) is 0. The normalized spacial score (nSPS) is 14.8. The van der Waals surface area contributed by atoms with Gasteiger partial charge in [0, 0.05) is 0 Å². The van der Waals surface area contributed by atoms with E-state index < -0.39 is 11.8 Å². The second kappa shape index (κ2) is 9.31. The summed E-state index contributed by atoms with van der Waals surface area (Å²) in [4.78, 5) is 11.3. The number of halogens is 1. The van der Waals surface area contributed by atoms with E-state index in [9.17, 15) is 14.3 Å². The molecule has 0 amide bonds. The van der Waals surface area contributed by atoms with E-state index in [2.05, 4.69) is 0 Å². The van der Waals surface area contributed by atoms with E-state index >= 15 is 0 Å². The predicted molar refractivity (Wildman–Crippen MR) is 77.6 cm³/mol. The topological polar surface area (TPSA) is 37.3 Å². The van der Waals surface area contributed by atoms with Gasteiger partial charge < -0.3 is 5.11 Å². The Labute approximate surface area is 115 Å². The molecule has 1 N–H and O–H groups in total. The molecule has 0 unspecified atom stereocenters. The maximum absolute atomic E-state index is 13.4. The first kappa shape index (κ1) is 17.4. The molecule has 0 fully saturated rings. The minimum atomic E-state index is -1.02. The van der Waals surface area contributed by atoms with Gasteiger partial charge in [-0.3, -0.25) is 0 Å². The number of hydrogen-bond acceptors (Lipinski definition) is 1. The van der Waals surface area contributed by atoms with Gasteiger partial charge in [0.25, 0.3) is 0 Å². The lowest BCUT2D eigenvalue weighted by Crippen LogP contribution is -2.03. The number of unbranched alkanes of at least 4 members (excludes halogenated alkanes) is 1. The van der Waals surface area contributed by atoms with Crippen LogP contribution in [0.3, 0.4) is 0 Å². The van der Waals surface area contributed by atoms with Gasteiger partial charge in [0.05, 0.1) is 5.57 Å². The maximum Gasteiger partial charge on any atom is 0.335 e. The van der Waals surface area contributed by atoms with Gasteiger partial charge in [0.1, 0.15) is 5.83 Å². The summed E-state index contributed by atoms with van der Waals surface area (Å²) in [5.41, 5.74) is 1.58. The lowest BCUT2D eigenvalue weighted by molar-refractivity contribution is -0.132. The van der Waals surface area contributed by atoms with Crippen LogP contribution in [0, 0.1) is 0 Å². The van der Waals surface area contributed by atoms with Crippen molar-refractivity contribution in [3.05, 3.63) is 46.9 Å². The van der Waals surface area contributed by atoms with Crippen LogP contribution in [0.5, 0.6) is 0 Å². The zero-order valence-electron chi connectivity index (χ0n) is 12.2. The first-order chi connectivity index (χ1) is 8.96. The van der Waals surface area contributed by atoms with Crippen LogP contribution >= 0.6 is 0 Å². The van der Waals surface area contributed by atoms with Crippen LogP contribution in [0.25, 0.3) is 0 Å². The summed E-state index contributed by atoms with van der Waals surface area (Å²) < 4.78 is 13.4. The molecule has 0 bridgehead atoms. The largest absolute Gasteiger partial charge is 0.478 e. The Bertz CT molecular complexity index is 426. The molecule has 106 valence electrons. The summed E-state index contributed by atoms with van der Waals surface area (Å²) in [5, 5.41) is 9.26. The summed E-state index contributed by atoms with van der Waals surface area (Å²) in [6.45, 7) is 7.43. The molecule has 2 nitrogen and oxygen atoms in total. The third-order valence-electron chi connectivity index (χ3n) is 2.71. The highest BCUT2D eigenvalue weighted by Gasteiger charge is 2.12. The average Bonchev–Trinajstić information content (AvgIpc) is 2.38. The van der Waals surface area contributed by atoms with Crippen molar-refractivity contribution in [2.45, 2.75) is 47.0 Å². The van der Waals surface area contributed by atoms with Gasteiger partial charge in [-0.1, -0.05) is 44.1 Å². The molecule has 0 aromatic carbocycles. The van der Waals surface area contributed by atoms with Crippen molar-refractivity contribution < 1.29 is 14.3 Å². The fraction of sp³-hybridized carbons (Fsp3) is 0.438. The van der Waals surface area contributed by atoms with Crippen molar-refractivity contribution in [2.75, 3.05) is 0 Å². The molecule has 0 spiro atoms. The van der Waals surface area contributed by atoms with Gasteiger partial charge in [0.2, 0.25) is 0 Å². The average molecular weight is 266 g/mol. The second-order valence-electron chi connectivity index (χ2n) is 4.33. The first-order valence-corrected chi connectivity index (χ1v) is 6.60. The van der Waals surface area contributed by atoms with E-state index in [1.807, 2.05) is 20.8 Å². The van der Waals surface area contributed by atoms with Gasteiger partial charge in [-0.15, -0.1) is 0 Å². The molecule has 0 heterocycles. The highest BCUT2D eigenvalue weighted by atomic mass is 19.1. The van der Waals surface area contributed by atoms with Crippen molar-refractivity contribution in [1.82, 2.24) is 0 Å². The molecule has 0 radical (unpaired) electrons.